The summed E-state index contributed by atoms with van der Waals surface area (Å²) in [5, 5.41) is 0. The van der Waals surface area contributed by atoms with E-state index in [4.69, 9.17) is 14.4 Å². The fraction of sp³-hybridized carbons (Fsp3) is 0.462. The van der Waals surface area contributed by atoms with E-state index in [1.165, 1.54) is 22.3 Å². The molecule has 31 heavy (non-hydrogen) atoms. The molecule has 0 saturated carbocycles. The van der Waals surface area contributed by atoms with Gasteiger partial charge in [0.15, 0.2) is 5.65 Å². The number of fused-ring (bicyclic) bond motifs is 1. The Bertz CT molecular complexity index is 1110. The monoisotopic (exact) mass is 435 g/mol. The third-order valence-corrected chi connectivity index (χ3v) is 6.30. The second-order valence-corrected chi connectivity index (χ2v) is 12.0. The normalized spacial score (nSPS) is 12.0. The molecule has 0 unspecified atom stereocenters. The molecule has 0 spiro atoms. The summed E-state index contributed by atoms with van der Waals surface area (Å²) in [5.41, 5.74) is 8.00. The van der Waals surface area contributed by atoms with Crippen LogP contribution in [0.5, 0.6) is 5.75 Å². The largest absolute Gasteiger partial charge is 0.547 e. The maximum absolute atomic E-state index is 6.58. The molecule has 0 bridgehead atoms. The van der Waals surface area contributed by atoms with Crippen LogP contribution in [-0.4, -0.2) is 23.6 Å². The van der Waals surface area contributed by atoms with Crippen LogP contribution in [0.3, 0.4) is 0 Å². The summed E-state index contributed by atoms with van der Waals surface area (Å²) in [4.78, 5) is 9.79. The highest BCUT2D eigenvalue weighted by Gasteiger charge is 2.24. The van der Waals surface area contributed by atoms with Crippen LogP contribution in [0.15, 0.2) is 30.9 Å². The van der Waals surface area contributed by atoms with Gasteiger partial charge in [-0.1, -0.05) is 45.9 Å². The summed E-state index contributed by atoms with van der Waals surface area (Å²) in [7, 11) is -1.31. The number of hydrogen-bond donors (Lipinski definition) is 0. The molecule has 0 N–H and O–H groups in total. The first-order chi connectivity index (χ1) is 14.6. The third-order valence-electron chi connectivity index (χ3n) is 5.60. The molecule has 0 radical (unpaired) electrons. The highest BCUT2D eigenvalue weighted by atomic mass is 28.3. The van der Waals surface area contributed by atoms with Crippen molar-refractivity contribution in [3.63, 3.8) is 0 Å². The van der Waals surface area contributed by atoms with Crippen molar-refractivity contribution in [1.82, 2.24) is 14.5 Å². The van der Waals surface area contributed by atoms with Gasteiger partial charge < -0.3 is 8.99 Å². The Morgan fingerprint density at radius 2 is 1.87 bits per heavy atom. The van der Waals surface area contributed by atoms with E-state index in [0.717, 1.165) is 41.3 Å². The van der Waals surface area contributed by atoms with Crippen molar-refractivity contribution in [3.05, 3.63) is 64.6 Å². The lowest BCUT2D eigenvalue weighted by molar-refractivity contribution is 0.539. The van der Waals surface area contributed by atoms with Crippen molar-refractivity contribution in [2.75, 3.05) is 0 Å². The van der Waals surface area contributed by atoms with Gasteiger partial charge in [0, 0.05) is 23.2 Å². The Kier molecular flexibility index (Phi) is 6.75. The second kappa shape index (κ2) is 8.99. The lowest BCUT2D eigenvalue weighted by atomic mass is 9.81. The molecule has 0 fully saturated rings. The SMILES string of the molecule is C=CCc1c(C(C)(C)C)ccc(Cn2c(CC)nc3c(C)cc(C)nc32)c1O[SiH](C)C. The number of nitrogens with zero attached hydrogens (tertiary/aromatic N) is 3. The molecule has 3 aromatic rings. The molecule has 0 aliphatic heterocycles. The predicted octanol–water partition coefficient (Wildman–Crippen LogP) is 6.05. The number of hydrogen-bond acceptors (Lipinski definition) is 3. The van der Waals surface area contributed by atoms with Crippen molar-refractivity contribution in [2.24, 2.45) is 0 Å². The molecule has 1 aromatic carbocycles. The van der Waals surface area contributed by atoms with Crippen molar-refractivity contribution in [1.29, 1.82) is 0 Å². The Morgan fingerprint density at radius 1 is 1.16 bits per heavy atom. The molecule has 0 aliphatic rings. The van der Waals surface area contributed by atoms with Crippen LogP contribution < -0.4 is 4.43 Å². The van der Waals surface area contributed by atoms with Crippen LogP contribution in [0, 0.1) is 13.8 Å². The van der Waals surface area contributed by atoms with Gasteiger partial charge in [-0.2, -0.15) is 0 Å². The number of pyridine rings is 1. The molecule has 166 valence electrons. The minimum atomic E-state index is -1.31. The maximum atomic E-state index is 6.58. The van der Waals surface area contributed by atoms with Gasteiger partial charge in [-0.25, -0.2) is 9.97 Å². The first-order valence-electron chi connectivity index (χ1n) is 11.3. The number of benzene rings is 1. The summed E-state index contributed by atoms with van der Waals surface area (Å²) in [6.45, 7) is 22.3. The van der Waals surface area contributed by atoms with E-state index in [2.05, 4.69) is 84.0 Å². The minimum absolute atomic E-state index is 0.0412. The number of aryl methyl sites for hydroxylation is 3. The third kappa shape index (κ3) is 4.77. The Labute approximate surface area is 189 Å². The van der Waals surface area contributed by atoms with Crippen LogP contribution >= 0.6 is 0 Å². The summed E-state index contributed by atoms with van der Waals surface area (Å²) >= 11 is 0. The fourth-order valence-electron chi connectivity index (χ4n) is 4.29. The molecule has 0 atom stereocenters. The summed E-state index contributed by atoms with van der Waals surface area (Å²) in [5.74, 6) is 2.11. The predicted molar refractivity (Wildman–Crippen MR) is 134 cm³/mol. The van der Waals surface area contributed by atoms with E-state index < -0.39 is 9.04 Å². The lowest BCUT2D eigenvalue weighted by Gasteiger charge is -2.27. The van der Waals surface area contributed by atoms with Gasteiger partial charge in [-0.3, -0.25) is 0 Å². The summed E-state index contributed by atoms with van der Waals surface area (Å²) in [6.07, 6.45) is 3.66. The zero-order chi connectivity index (χ0) is 22.9. The first kappa shape index (κ1) is 23.3. The first-order valence-corrected chi connectivity index (χ1v) is 14.1. The molecule has 3 rings (SSSR count). The van der Waals surface area contributed by atoms with Crippen LogP contribution in [0.1, 0.15) is 61.5 Å². The van der Waals surface area contributed by atoms with Gasteiger partial charge in [0.2, 0.25) is 9.04 Å². The molecule has 0 aliphatic carbocycles. The number of aromatic nitrogens is 3. The van der Waals surface area contributed by atoms with Gasteiger partial charge in [-0.05, 0) is 56.0 Å². The van der Waals surface area contributed by atoms with Gasteiger partial charge in [-0.15, -0.1) is 6.58 Å². The van der Waals surface area contributed by atoms with E-state index in [9.17, 15) is 0 Å². The highest BCUT2D eigenvalue weighted by molar-refractivity contribution is 6.49. The van der Waals surface area contributed by atoms with E-state index in [1.54, 1.807) is 0 Å². The standard InChI is InChI=1S/C26H37N3OSi/c1-10-12-20-21(26(5,6)7)14-13-19(24(20)30-31(8)9)16-29-22(11-2)28-23-17(3)15-18(4)27-25(23)29/h10,13-15,31H,1,11-12,16H2,2-9H3. The zero-order valence-corrected chi connectivity index (χ0v) is 21.6. The molecule has 2 heterocycles. The van der Waals surface area contributed by atoms with Crippen LogP contribution in [0.4, 0.5) is 0 Å². The molecule has 0 amide bonds. The Morgan fingerprint density at radius 3 is 2.45 bits per heavy atom. The van der Waals surface area contributed by atoms with Gasteiger partial charge >= 0.3 is 0 Å². The number of rotatable bonds is 7. The zero-order valence-electron chi connectivity index (χ0n) is 20.5. The van der Waals surface area contributed by atoms with Crippen LogP contribution in [0.25, 0.3) is 11.2 Å². The van der Waals surface area contributed by atoms with Gasteiger partial charge in [0.1, 0.15) is 17.1 Å². The smallest absolute Gasteiger partial charge is 0.229 e. The molecule has 2 aromatic heterocycles. The van der Waals surface area contributed by atoms with Crippen molar-refractivity contribution in [3.8, 4) is 5.75 Å². The number of imidazole rings is 1. The average molecular weight is 436 g/mol. The lowest BCUT2D eigenvalue weighted by Crippen LogP contribution is -2.20. The van der Waals surface area contributed by atoms with Crippen molar-refractivity contribution < 1.29 is 4.43 Å². The van der Waals surface area contributed by atoms with Crippen molar-refractivity contribution >= 4 is 20.2 Å². The average Bonchev–Trinajstić information content (AvgIpc) is 3.01. The molecule has 4 nitrogen and oxygen atoms in total. The molecular formula is C26H37N3OSi. The van der Waals surface area contributed by atoms with E-state index in [1.807, 2.05) is 6.08 Å². The van der Waals surface area contributed by atoms with E-state index >= 15 is 0 Å². The molecule has 0 saturated heterocycles. The van der Waals surface area contributed by atoms with E-state index in [0.29, 0.717) is 6.54 Å². The fourth-order valence-corrected chi connectivity index (χ4v) is 5.05. The Hall–Kier alpha value is -2.40. The van der Waals surface area contributed by atoms with Gasteiger partial charge in [0.25, 0.3) is 0 Å². The molecular weight excluding hydrogens is 398 g/mol. The maximum Gasteiger partial charge on any atom is 0.229 e. The summed E-state index contributed by atoms with van der Waals surface area (Å²) in [6, 6.07) is 6.63. The van der Waals surface area contributed by atoms with Gasteiger partial charge in [0.05, 0.1) is 6.54 Å². The quantitative estimate of drug-likeness (QED) is 0.335. The topological polar surface area (TPSA) is 39.9 Å². The molecule has 5 heteroatoms. The second-order valence-electron chi connectivity index (χ2n) is 9.71. The summed E-state index contributed by atoms with van der Waals surface area (Å²) < 4.78 is 8.86. The Balaban J connectivity index is 2.24. The number of allylic oxidation sites excluding steroid dienone is 1. The van der Waals surface area contributed by atoms with E-state index in [-0.39, 0.29) is 5.41 Å². The van der Waals surface area contributed by atoms with Crippen LogP contribution in [-0.2, 0) is 24.8 Å². The highest BCUT2D eigenvalue weighted by Crippen LogP contribution is 2.36. The minimum Gasteiger partial charge on any atom is -0.547 e. The van der Waals surface area contributed by atoms with Crippen molar-refractivity contribution in [2.45, 2.75) is 79.4 Å². The van der Waals surface area contributed by atoms with Crippen LogP contribution in [0.2, 0.25) is 13.1 Å².